The first kappa shape index (κ1) is 11.7. The molecule has 0 atom stereocenters. The van der Waals surface area contributed by atoms with Gasteiger partial charge in [-0.05, 0) is 20.0 Å². The summed E-state index contributed by atoms with van der Waals surface area (Å²) in [6, 6.07) is 0. The molecule has 0 aliphatic carbocycles. The van der Waals surface area contributed by atoms with Crippen molar-refractivity contribution in [2.24, 2.45) is 7.05 Å². The lowest BCUT2D eigenvalue weighted by atomic mass is 10.1. The zero-order chi connectivity index (χ0) is 11.3. The minimum Gasteiger partial charge on any atom is -0.493 e. The number of aryl methyl sites for hydroxylation is 1. The van der Waals surface area contributed by atoms with E-state index >= 15 is 0 Å². The topological polar surface area (TPSA) is 56.1 Å². The molecule has 0 aromatic carbocycles. The Hall–Kier alpha value is -1.36. The van der Waals surface area contributed by atoms with E-state index in [1.54, 1.807) is 25.0 Å². The van der Waals surface area contributed by atoms with Crippen LogP contribution in [0.1, 0.15) is 23.3 Å². The number of Topliss-reactive ketones (excluding diaryl/α,β-unsaturated/α-hetero) is 1. The normalized spacial score (nSPS) is 10.3. The van der Waals surface area contributed by atoms with Crippen molar-refractivity contribution < 1.29 is 9.53 Å². The van der Waals surface area contributed by atoms with Gasteiger partial charge in [0.15, 0.2) is 11.5 Å². The van der Waals surface area contributed by atoms with Crippen molar-refractivity contribution in [2.45, 2.75) is 12.8 Å². The average Bonchev–Trinajstić information content (AvgIpc) is 2.59. The molecule has 0 fully saturated rings. The maximum Gasteiger partial charge on any atom is 0.184 e. The number of nitrogens with zero attached hydrogens (tertiary/aromatic N) is 2. The molecule has 0 bridgehead atoms. The molecular weight excluding hydrogens is 194 g/mol. The summed E-state index contributed by atoms with van der Waals surface area (Å²) >= 11 is 0. The van der Waals surface area contributed by atoms with E-state index in [-0.39, 0.29) is 5.78 Å². The molecule has 84 valence electrons. The van der Waals surface area contributed by atoms with Crippen LogP contribution in [0.25, 0.3) is 0 Å². The maximum absolute atomic E-state index is 11.8. The first-order chi connectivity index (χ1) is 7.20. The summed E-state index contributed by atoms with van der Waals surface area (Å²) in [6.45, 7) is 0.839. The van der Waals surface area contributed by atoms with Gasteiger partial charge in [-0.1, -0.05) is 0 Å². The van der Waals surface area contributed by atoms with Gasteiger partial charge < -0.3 is 10.1 Å². The van der Waals surface area contributed by atoms with Gasteiger partial charge in [0.2, 0.25) is 0 Å². The van der Waals surface area contributed by atoms with Gasteiger partial charge in [0.1, 0.15) is 5.69 Å². The van der Waals surface area contributed by atoms with Gasteiger partial charge >= 0.3 is 0 Å². The molecular formula is C10H17N3O2. The summed E-state index contributed by atoms with van der Waals surface area (Å²) < 4.78 is 6.63. The summed E-state index contributed by atoms with van der Waals surface area (Å²) in [7, 11) is 5.16. The van der Waals surface area contributed by atoms with E-state index in [1.165, 1.54) is 0 Å². The number of aromatic nitrogens is 2. The Balaban J connectivity index is 2.67. The lowest BCUT2D eigenvalue weighted by Gasteiger charge is -2.04. The third kappa shape index (κ3) is 2.79. The first-order valence-electron chi connectivity index (χ1n) is 4.94. The van der Waals surface area contributed by atoms with E-state index in [0.29, 0.717) is 17.9 Å². The highest BCUT2D eigenvalue weighted by molar-refractivity contribution is 5.96. The second kappa shape index (κ2) is 5.50. The Morgan fingerprint density at radius 1 is 1.67 bits per heavy atom. The molecule has 0 saturated carbocycles. The molecule has 1 heterocycles. The molecule has 1 rings (SSSR count). The number of carbonyl (C=O) groups excluding carboxylic acids is 1. The van der Waals surface area contributed by atoms with Gasteiger partial charge in [-0.3, -0.25) is 9.48 Å². The predicted molar refractivity (Wildman–Crippen MR) is 57.3 cm³/mol. The summed E-state index contributed by atoms with van der Waals surface area (Å²) in [6.07, 6.45) is 2.89. The number of hydrogen-bond acceptors (Lipinski definition) is 4. The van der Waals surface area contributed by atoms with E-state index in [1.807, 2.05) is 7.05 Å². The number of ketones is 1. The van der Waals surface area contributed by atoms with Crippen LogP contribution in [0.3, 0.4) is 0 Å². The SMILES string of the molecule is CNCCCC(=O)c1c(OC)cnn1C. The molecule has 0 spiro atoms. The lowest BCUT2D eigenvalue weighted by Crippen LogP contribution is -2.12. The van der Waals surface area contributed by atoms with Crippen LogP contribution < -0.4 is 10.1 Å². The fraction of sp³-hybridized carbons (Fsp3) is 0.600. The van der Waals surface area contributed by atoms with Gasteiger partial charge in [-0.15, -0.1) is 0 Å². The molecule has 1 aromatic rings. The number of carbonyl (C=O) groups is 1. The minimum absolute atomic E-state index is 0.0714. The van der Waals surface area contributed by atoms with E-state index in [2.05, 4.69) is 10.4 Å². The third-order valence-electron chi connectivity index (χ3n) is 2.22. The zero-order valence-corrected chi connectivity index (χ0v) is 9.41. The van der Waals surface area contributed by atoms with E-state index in [0.717, 1.165) is 13.0 Å². The van der Waals surface area contributed by atoms with Gasteiger partial charge in [0.05, 0.1) is 13.3 Å². The Morgan fingerprint density at radius 3 is 3.00 bits per heavy atom. The van der Waals surface area contributed by atoms with Crippen molar-refractivity contribution in [3.63, 3.8) is 0 Å². The van der Waals surface area contributed by atoms with Gasteiger partial charge in [0.25, 0.3) is 0 Å². The standard InChI is InChI=1S/C10H17N3O2/c1-11-6-4-5-8(14)10-9(15-3)7-12-13(10)2/h7,11H,4-6H2,1-3H3. The fourth-order valence-corrected chi connectivity index (χ4v) is 1.43. The van der Waals surface area contributed by atoms with Crippen LogP contribution in [0.15, 0.2) is 6.20 Å². The Bertz CT molecular complexity index is 333. The molecule has 0 unspecified atom stereocenters. The highest BCUT2D eigenvalue weighted by Gasteiger charge is 2.16. The molecule has 0 radical (unpaired) electrons. The molecule has 0 aliphatic heterocycles. The second-order valence-electron chi connectivity index (χ2n) is 3.32. The molecule has 0 amide bonds. The number of ether oxygens (including phenoxy) is 1. The highest BCUT2D eigenvalue weighted by atomic mass is 16.5. The smallest absolute Gasteiger partial charge is 0.184 e. The van der Waals surface area contributed by atoms with Crippen LogP contribution in [0, 0.1) is 0 Å². The highest BCUT2D eigenvalue weighted by Crippen LogP contribution is 2.18. The molecule has 15 heavy (non-hydrogen) atoms. The first-order valence-corrected chi connectivity index (χ1v) is 4.94. The minimum atomic E-state index is 0.0714. The van der Waals surface area contributed by atoms with Crippen molar-refractivity contribution in [1.29, 1.82) is 0 Å². The van der Waals surface area contributed by atoms with Crippen LogP contribution in [0.5, 0.6) is 5.75 Å². The van der Waals surface area contributed by atoms with Gasteiger partial charge in [-0.25, -0.2) is 0 Å². The van der Waals surface area contributed by atoms with E-state index < -0.39 is 0 Å². The molecule has 5 heteroatoms. The Labute approximate surface area is 89.4 Å². The largest absolute Gasteiger partial charge is 0.493 e. The van der Waals surface area contributed by atoms with E-state index in [4.69, 9.17) is 4.74 Å². The number of hydrogen-bond donors (Lipinski definition) is 1. The fourth-order valence-electron chi connectivity index (χ4n) is 1.43. The average molecular weight is 211 g/mol. The zero-order valence-electron chi connectivity index (χ0n) is 9.41. The third-order valence-corrected chi connectivity index (χ3v) is 2.22. The summed E-state index contributed by atoms with van der Waals surface area (Å²) in [5.41, 5.74) is 0.550. The van der Waals surface area contributed by atoms with Crippen LogP contribution in [-0.4, -0.2) is 36.3 Å². The van der Waals surface area contributed by atoms with Crippen LogP contribution in [0.2, 0.25) is 0 Å². The number of rotatable bonds is 6. The van der Waals surface area contributed by atoms with Crippen molar-refractivity contribution in [3.05, 3.63) is 11.9 Å². The maximum atomic E-state index is 11.8. The van der Waals surface area contributed by atoms with Crippen LogP contribution in [0.4, 0.5) is 0 Å². The van der Waals surface area contributed by atoms with Crippen molar-refractivity contribution in [1.82, 2.24) is 15.1 Å². The lowest BCUT2D eigenvalue weighted by molar-refractivity contribution is 0.0968. The van der Waals surface area contributed by atoms with Crippen LogP contribution in [-0.2, 0) is 7.05 Å². The Kier molecular flexibility index (Phi) is 4.30. The quantitative estimate of drug-likeness (QED) is 0.553. The van der Waals surface area contributed by atoms with Crippen LogP contribution >= 0.6 is 0 Å². The predicted octanol–water partition coefficient (Wildman–Crippen LogP) is 0.611. The molecule has 1 N–H and O–H groups in total. The molecule has 0 aliphatic rings. The van der Waals surface area contributed by atoms with Crippen molar-refractivity contribution in [3.8, 4) is 5.75 Å². The number of methoxy groups -OCH3 is 1. The molecule has 0 saturated heterocycles. The summed E-state index contributed by atoms with van der Waals surface area (Å²) in [5.74, 6) is 0.619. The Morgan fingerprint density at radius 2 is 2.40 bits per heavy atom. The molecule has 1 aromatic heterocycles. The summed E-state index contributed by atoms with van der Waals surface area (Å²) in [5, 5.41) is 7.00. The second-order valence-corrected chi connectivity index (χ2v) is 3.32. The van der Waals surface area contributed by atoms with Crippen molar-refractivity contribution in [2.75, 3.05) is 20.7 Å². The van der Waals surface area contributed by atoms with E-state index in [9.17, 15) is 4.79 Å². The number of nitrogens with one attached hydrogen (secondary N) is 1. The summed E-state index contributed by atoms with van der Waals surface area (Å²) in [4.78, 5) is 11.8. The monoisotopic (exact) mass is 211 g/mol. The van der Waals surface area contributed by atoms with Gasteiger partial charge in [-0.2, -0.15) is 5.10 Å². The van der Waals surface area contributed by atoms with Gasteiger partial charge in [0, 0.05) is 13.5 Å². The van der Waals surface area contributed by atoms with Crippen molar-refractivity contribution >= 4 is 5.78 Å². The molecule has 5 nitrogen and oxygen atoms in total.